The third kappa shape index (κ3) is 3.95. The number of hydrogen-bond donors (Lipinski definition) is 0. The third-order valence-electron chi connectivity index (χ3n) is 2.75. The summed E-state index contributed by atoms with van der Waals surface area (Å²) in [6.07, 6.45) is 0.439. The normalized spacial score (nSPS) is 12.2. The van der Waals surface area contributed by atoms with Crippen LogP contribution in [-0.2, 0) is 0 Å². The van der Waals surface area contributed by atoms with Crippen LogP contribution >= 0.6 is 15.9 Å². The van der Waals surface area contributed by atoms with Crippen LogP contribution in [0.4, 0.5) is 0 Å². The molecule has 0 aliphatic rings. The van der Waals surface area contributed by atoms with E-state index in [1.807, 2.05) is 31.0 Å². The summed E-state index contributed by atoms with van der Waals surface area (Å²) in [5.74, 6) is 0.0814. The number of nitrogens with zero attached hydrogens (tertiary/aromatic N) is 2. The van der Waals surface area contributed by atoms with E-state index in [1.54, 1.807) is 12.1 Å². The van der Waals surface area contributed by atoms with E-state index in [9.17, 15) is 4.79 Å². The molecule has 0 amide bonds. The maximum atomic E-state index is 12.1. The summed E-state index contributed by atoms with van der Waals surface area (Å²) >= 11 is 3.34. The van der Waals surface area contributed by atoms with Gasteiger partial charge in [0.25, 0.3) is 0 Å². The average molecular weight is 295 g/mol. The van der Waals surface area contributed by atoms with Crippen LogP contribution in [0.2, 0.25) is 0 Å². The van der Waals surface area contributed by atoms with Crippen LogP contribution in [0.3, 0.4) is 0 Å². The SMILES string of the molecule is CC(C(=O)c1ccc(Br)cc1)N(C)CCC#N. The second kappa shape index (κ2) is 6.53. The molecule has 0 saturated heterocycles. The molecule has 90 valence electrons. The number of carbonyl (C=O) groups excluding carboxylic acids is 1. The van der Waals surface area contributed by atoms with E-state index in [4.69, 9.17) is 5.26 Å². The van der Waals surface area contributed by atoms with Crippen molar-refractivity contribution in [1.82, 2.24) is 4.90 Å². The van der Waals surface area contributed by atoms with Gasteiger partial charge in [-0.3, -0.25) is 9.69 Å². The number of likely N-dealkylation sites (N-methyl/N-ethyl adjacent to an activating group) is 1. The first-order chi connectivity index (χ1) is 8.06. The lowest BCUT2D eigenvalue weighted by molar-refractivity contribution is 0.0871. The molecule has 0 fully saturated rings. The molecule has 0 heterocycles. The van der Waals surface area contributed by atoms with Gasteiger partial charge in [-0.1, -0.05) is 28.1 Å². The van der Waals surface area contributed by atoms with E-state index in [1.165, 1.54) is 0 Å². The molecule has 3 nitrogen and oxygen atoms in total. The average Bonchev–Trinajstić information content (AvgIpc) is 2.35. The highest BCUT2D eigenvalue weighted by Crippen LogP contribution is 2.13. The smallest absolute Gasteiger partial charge is 0.179 e. The molecule has 0 spiro atoms. The molecule has 1 atom stereocenters. The second-order valence-electron chi connectivity index (χ2n) is 3.94. The van der Waals surface area contributed by atoms with Crippen molar-refractivity contribution < 1.29 is 4.79 Å². The summed E-state index contributed by atoms with van der Waals surface area (Å²) in [5, 5.41) is 8.52. The van der Waals surface area contributed by atoms with Gasteiger partial charge in [0.05, 0.1) is 12.1 Å². The van der Waals surface area contributed by atoms with Crippen LogP contribution in [0, 0.1) is 11.3 Å². The molecule has 1 aromatic rings. The predicted octanol–water partition coefficient (Wildman–Crippen LogP) is 2.87. The molecule has 0 radical (unpaired) electrons. The Morgan fingerprint density at radius 1 is 1.47 bits per heavy atom. The molecule has 1 aromatic carbocycles. The second-order valence-corrected chi connectivity index (χ2v) is 4.85. The lowest BCUT2D eigenvalue weighted by Gasteiger charge is -2.22. The topological polar surface area (TPSA) is 44.1 Å². The first-order valence-corrected chi connectivity index (χ1v) is 6.22. The van der Waals surface area contributed by atoms with Gasteiger partial charge in [-0.2, -0.15) is 5.26 Å². The van der Waals surface area contributed by atoms with Crippen molar-refractivity contribution in [3.05, 3.63) is 34.3 Å². The molecule has 0 aliphatic heterocycles. The Morgan fingerprint density at radius 3 is 2.59 bits per heavy atom. The molecule has 0 aliphatic carbocycles. The van der Waals surface area contributed by atoms with Gasteiger partial charge >= 0.3 is 0 Å². The summed E-state index contributed by atoms with van der Waals surface area (Å²) in [6, 6.07) is 9.20. The van der Waals surface area contributed by atoms with Gasteiger partial charge in [0.2, 0.25) is 0 Å². The molecule has 1 unspecified atom stereocenters. The fourth-order valence-electron chi connectivity index (χ4n) is 1.48. The van der Waals surface area contributed by atoms with Gasteiger partial charge in [0.15, 0.2) is 5.78 Å². The van der Waals surface area contributed by atoms with E-state index in [0.29, 0.717) is 18.5 Å². The van der Waals surface area contributed by atoms with Gasteiger partial charge in [-0.15, -0.1) is 0 Å². The minimum Gasteiger partial charge on any atom is -0.296 e. The molecule has 1 rings (SSSR count). The molecule has 17 heavy (non-hydrogen) atoms. The Balaban J connectivity index is 2.69. The molecule has 0 N–H and O–H groups in total. The Morgan fingerprint density at radius 2 is 2.06 bits per heavy atom. The van der Waals surface area contributed by atoms with Crippen molar-refractivity contribution in [3.8, 4) is 6.07 Å². The number of benzene rings is 1. The maximum Gasteiger partial charge on any atom is 0.179 e. The monoisotopic (exact) mass is 294 g/mol. The van der Waals surface area contributed by atoms with Crippen molar-refractivity contribution in [2.24, 2.45) is 0 Å². The maximum absolute atomic E-state index is 12.1. The van der Waals surface area contributed by atoms with Gasteiger partial charge in [-0.05, 0) is 26.1 Å². The third-order valence-corrected chi connectivity index (χ3v) is 3.27. The van der Waals surface area contributed by atoms with Gasteiger partial charge in [0.1, 0.15) is 0 Å². The minimum atomic E-state index is -0.204. The molecular weight excluding hydrogens is 280 g/mol. The van der Waals surface area contributed by atoms with E-state index < -0.39 is 0 Å². The van der Waals surface area contributed by atoms with Crippen LogP contribution in [0.1, 0.15) is 23.7 Å². The first-order valence-electron chi connectivity index (χ1n) is 5.43. The minimum absolute atomic E-state index is 0.0814. The lowest BCUT2D eigenvalue weighted by atomic mass is 10.0. The number of Topliss-reactive ketones (excluding diaryl/α,β-unsaturated/α-hetero) is 1. The standard InChI is InChI=1S/C13H15BrN2O/c1-10(16(2)9-3-8-15)13(17)11-4-6-12(14)7-5-11/h4-7,10H,3,9H2,1-2H3. The Hall–Kier alpha value is -1.18. The zero-order valence-electron chi connectivity index (χ0n) is 9.98. The lowest BCUT2D eigenvalue weighted by Crippen LogP contribution is -2.36. The summed E-state index contributed by atoms with van der Waals surface area (Å²) in [4.78, 5) is 14.0. The Kier molecular flexibility index (Phi) is 5.33. The quantitative estimate of drug-likeness (QED) is 0.785. The largest absolute Gasteiger partial charge is 0.296 e. The molecule has 0 saturated carbocycles. The van der Waals surface area contributed by atoms with E-state index in [-0.39, 0.29) is 11.8 Å². The zero-order valence-corrected chi connectivity index (χ0v) is 11.6. The fraction of sp³-hybridized carbons (Fsp3) is 0.385. The van der Waals surface area contributed by atoms with E-state index in [2.05, 4.69) is 22.0 Å². The summed E-state index contributed by atoms with van der Waals surface area (Å²) in [6.45, 7) is 2.47. The highest BCUT2D eigenvalue weighted by molar-refractivity contribution is 9.10. The Labute approximate surface area is 110 Å². The molecule has 0 aromatic heterocycles. The number of ketones is 1. The van der Waals surface area contributed by atoms with Crippen molar-refractivity contribution >= 4 is 21.7 Å². The van der Waals surface area contributed by atoms with Crippen LogP contribution in [-0.4, -0.2) is 30.3 Å². The number of hydrogen-bond acceptors (Lipinski definition) is 3. The highest BCUT2D eigenvalue weighted by atomic mass is 79.9. The number of halogens is 1. The van der Waals surface area contributed by atoms with Gasteiger partial charge < -0.3 is 0 Å². The predicted molar refractivity (Wildman–Crippen MR) is 70.8 cm³/mol. The van der Waals surface area contributed by atoms with Gasteiger partial charge in [-0.25, -0.2) is 0 Å². The van der Waals surface area contributed by atoms with Crippen molar-refractivity contribution in [2.45, 2.75) is 19.4 Å². The van der Waals surface area contributed by atoms with Crippen molar-refractivity contribution in [2.75, 3.05) is 13.6 Å². The molecule has 4 heteroatoms. The van der Waals surface area contributed by atoms with Crippen LogP contribution in [0.25, 0.3) is 0 Å². The first kappa shape index (κ1) is 13.9. The van der Waals surface area contributed by atoms with Crippen molar-refractivity contribution in [1.29, 1.82) is 5.26 Å². The number of nitriles is 1. The van der Waals surface area contributed by atoms with Crippen LogP contribution in [0.5, 0.6) is 0 Å². The van der Waals surface area contributed by atoms with Crippen LogP contribution < -0.4 is 0 Å². The van der Waals surface area contributed by atoms with E-state index >= 15 is 0 Å². The van der Waals surface area contributed by atoms with Crippen molar-refractivity contribution in [3.63, 3.8) is 0 Å². The highest BCUT2D eigenvalue weighted by Gasteiger charge is 2.18. The summed E-state index contributed by atoms with van der Waals surface area (Å²) in [7, 11) is 1.86. The molecular formula is C13H15BrN2O. The van der Waals surface area contributed by atoms with E-state index in [0.717, 1.165) is 4.47 Å². The number of rotatable bonds is 5. The van der Waals surface area contributed by atoms with Crippen LogP contribution in [0.15, 0.2) is 28.7 Å². The fourth-order valence-corrected chi connectivity index (χ4v) is 1.74. The Bertz CT molecular complexity index is 422. The van der Waals surface area contributed by atoms with Gasteiger partial charge in [0, 0.05) is 23.0 Å². The zero-order chi connectivity index (χ0) is 12.8. The summed E-state index contributed by atoms with van der Waals surface area (Å²) < 4.78 is 0.958. The summed E-state index contributed by atoms with van der Waals surface area (Å²) in [5.41, 5.74) is 0.699. The number of carbonyl (C=O) groups is 1. The molecule has 0 bridgehead atoms.